The zero-order valence-electron chi connectivity index (χ0n) is 16.4. The van der Waals surface area contributed by atoms with E-state index >= 15 is 0 Å². The molecular weight excluding hydrogens is 386 g/mol. The lowest BCUT2D eigenvalue weighted by Crippen LogP contribution is -2.32. The Morgan fingerprint density at radius 1 is 1.03 bits per heavy atom. The molecule has 4 aromatic rings. The van der Waals surface area contributed by atoms with Crippen LogP contribution < -0.4 is 10.9 Å². The number of hydrogen-bond acceptors (Lipinski definition) is 5. The van der Waals surface area contributed by atoms with E-state index in [1.54, 1.807) is 13.2 Å². The van der Waals surface area contributed by atoms with Gasteiger partial charge >= 0.3 is 11.6 Å². The van der Waals surface area contributed by atoms with Gasteiger partial charge in [0, 0.05) is 21.9 Å². The Balaban J connectivity index is 1.87. The lowest BCUT2D eigenvalue weighted by Gasteiger charge is -2.10. The highest BCUT2D eigenvalue weighted by molar-refractivity contribution is 6.05. The van der Waals surface area contributed by atoms with Gasteiger partial charge in [-0.1, -0.05) is 30.3 Å². The molecule has 0 aliphatic carbocycles. The average Bonchev–Trinajstić information content (AvgIpc) is 3.15. The third-order valence-corrected chi connectivity index (χ3v) is 5.20. The summed E-state index contributed by atoms with van der Waals surface area (Å²) in [5.41, 5.74) is 3.87. The van der Waals surface area contributed by atoms with Gasteiger partial charge in [-0.15, -0.1) is 0 Å². The summed E-state index contributed by atoms with van der Waals surface area (Å²) < 4.78 is 11.3. The summed E-state index contributed by atoms with van der Waals surface area (Å²) in [6.07, 6.45) is 1.42. The van der Waals surface area contributed by atoms with Crippen LogP contribution in [-0.4, -0.2) is 23.5 Å². The number of benzene rings is 2. The van der Waals surface area contributed by atoms with Crippen molar-refractivity contribution in [3.63, 3.8) is 0 Å². The predicted octanol–water partition coefficient (Wildman–Crippen LogP) is 3.57. The van der Waals surface area contributed by atoms with Gasteiger partial charge in [-0.2, -0.15) is 0 Å². The Hall–Kier alpha value is -3.87. The summed E-state index contributed by atoms with van der Waals surface area (Å²) in [5.74, 6) is -1.71. The molecule has 0 bridgehead atoms. The molecule has 30 heavy (non-hydrogen) atoms. The molecule has 0 saturated heterocycles. The fourth-order valence-corrected chi connectivity index (χ4v) is 3.64. The first-order valence-electron chi connectivity index (χ1n) is 9.37. The van der Waals surface area contributed by atoms with Crippen LogP contribution in [0.2, 0.25) is 0 Å². The summed E-state index contributed by atoms with van der Waals surface area (Å²) in [7, 11) is 0. The highest BCUT2D eigenvalue weighted by atomic mass is 16.4. The smallest absolute Gasteiger partial charge is 0.340 e. The van der Waals surface area contributed by atoms with Gasteiger partial charge in [-0.05, 0) is 31.0 Å². The molecule has 0 spiro atoms. The first-order chi connectivity index (χ1) is 14.4. The number of carboxylic acids is 1. The fraction of sp³-hybridized carbons (Fsp3) is 0.174. The predicted molar refractivity (Wildman–Crippen MR) is 112 cm³/mol. The number of rotatable bonds is 5. The van der Waals surface area contributed by atoms with Crippen molar-refractivity contribution in [2.24, 2.45) is 0 Å². The molecule has 0 unspecified atom stereocenters. The maximum absolute atomic E-state index is 12.5. The zero-order valence-corrected chi connectivity index (χ0v) is 16.4. The second kappa shape index (κ2) is 7.51. The third kappa shape index (κ3) is 3.34. The van der Waals surface area contributed by atoms with Gasteiger partial charge in [0.05, 0.1) is 18.2 Å². The van der Waals surface area contributed by atoms with Crippen LogP contribution in [-0.2, 0) is 16.0 Å². The van der Waals surface area contributed by atoms with E-state index in [1.165, 1.54) is 0 Å². The fourth-order valence-electron chi connectivity index (χ4n) is 3.64. The van der Waals surface area contributed by atoms with E-state index in [2.05, 4.69) is 5.32 Å². The number of aryl methyl sites for hydroxylation is 2. The van der Waals surface area contributed by atoms with Gasteiger partial charge in [0.25, 0.3) is 0 Å². The van der Waals surface area contributed by atoms with Crippen molar-refractivity contribution < 1.29 is 23.5 Å². The summed E-state index contributed by atoms with van der Waals surface area (Å²) in [5, 5.41) is 12.6. The number of carbonyl (C=O) groups is 2. The van der Waals surface area contributed by atoms with Gasteiger partial charge < -0.3 is 19.3 Å². The van der Waals surface area contributed by atoms with E-state index in [0.29, 0.717) is 27.7 Å². The first kappa shape index (κ1) is 19.4. The van der Waals surface area contributed by atoms with E-state index in [1.807, 2.05) is 43.3 Å². The standard InChI is InChI=1S/C23H19NO6/c1-12-15-8-17-18(14-6-4-3-5-7-14)11-29-21(17)13(2)22(15)30-23(28)16(12)9-19(25)24-10-20(26)27/h3-8,11H,9-10H2,1-2H3,(H,24,25)(H,26,27). The van der Waals surface area contributed by atoms with Gasteiger partial charge in [-0.3, -0.25) is 9.59 Å². The van der Waals surface area contributed by atoms with Crippen molar-refractivity contribution in [2.75, 3.05) is 6.54 Å². The number of furan rings is 1. The largest absolute Gasteiger partial charge is 0.480 e. The summed E-state index contributed by atoms with van der Waals surface area (Å²) in [4.78, 5) is 35.3. The Morgan fingerprint density at radius 2 is 1.77 bits per heavy atom. The lowest BCUT2D eigenvalue weighted by atomic mass is 9.97. The van der Waals surface area contributed by atoms with E-state index in [4.69, 9.17) is 13.9 Å². The quantitative estimate of drug-likeness (QED) is 0.491. The molecule has 1 amide bonds. The SMILES string of the molecule is Cc1c(CC(=O)NCC(=O)O)c(=O)oc2c(C)c3occ(-c4ccccc4)c3cc12. The van der Waals surface area contributed by atoms with Crippen molar-refractivity contribution >= 4 is 33.8 Å². The van der Waals surface area contributed by atoms with Crippen LogP contribution >= 0.6 is 0 Å². The maximum atomic E-state index is 12.5. The number of aliphatic carboxylic acids is 1. The first-order valence-corrected chi connectivity index (χ1v) is 9.37. The minimum Gasteiger partial charge on any atom is -0.480 e. The van der Waals surface area contributed by atoms with Crippen LogP contribution in [0.15, 0.2) is 56.3 Å². The molecule has 0 aliphatic heterocycles. The Bertz CT molecular complexity index is 1350. The molecule has 0 saturated carbocycles. The Morgan fingerprint density at radius 3 is 2.47 bits per heavy atom. The average molecular weight is 405 g/mol. The van der Waals surface area contributed by atoms with Gasteiger partial charge in [-0.25, -0.2) is 4.79 Å². The normalized spacial score (nSPS) is 11.1. The molecule has 2 heterocycles. The molecule has 2 N–H and O–H groups in total. The number of hydrogen-bond donors (Lipinski definition) is 2. The molecule has 7 heteroatoms. The minimum absolute atomic E-state index is 0.203. The Kier molecular flexibility index (Phi) is 4.87. The number of amides is 1. The molecular formula is C23H19NO6. The maximum Gasteiger partial charge on any atom is 0.340 e. The second-order valence-electron chi connectivity index (χ2n) is 7.11. The van der Waals surface area contributed by atoms with E-state index in [9.17, 15) is 14.4 Å². The molecule has 2 aromatic carbocycles. The summed E-state index contributed by atoms with van der Waals surface area (Å²) in [6.45, 7) is 3.07. The van der Waals surface area contributed by atoms with Crippen molar-refractivity contribution in [1.29, 1.82) is 0 Å². The summed E-state index contributed by atoms with van der Waals surface area (Å²) in [6, 6.07) is 11.7. The Labute approximate surface area is 170 Å². The monoisotopic (exact) mass is 405 g/mol. The lowest BCUT2D eigenvalue weighted by molar-refractivity contribution is -0.137. The number of nitrogens with one attached hydrogen (secondary N) is 1. The molecule has 0 fully saturated rings. The van der Waals surface area contributed by atoms with Crippen LogP contribution in [0.1, 0.15) is 16.7 Å². The zero-order chi connectivity index (χ0) is 21.4. The molecule has 0 aliphatic rings. The van der Waals surface area contributed by atoms with Crippen LogP contribution in [0.3, 0.4) is 0 Å². The molecule has 2 aromatic heterocycles. The molecule has 4 rings (SSSR count). The van der Waals surface area contributed by atoms with Crippen LogP contribution in [0.5, 0.6) is 0 Å². The molecule has 0 atom stereocenters. The van der Waals surface area contributed by atoms with Gasteiger partial charge in [0.2, 0.25) is 5.91 Å². The topological polar surface area (TPSA) is 110 Å². The second-order valence-corrected chi connectivity index (χ2v) is 7.11. The third-order valence-electron chi connectivity index (χ3n) is 5.20. The molecule has 0 radical (unpaired) electrons. The molecule has 7 nitrogen and oxygen atoms in total. The summed E-state index contributed by atoms with van der Waals surface area (Å²) >= 11 is 0. The van der Waals surface area contributed by atoms with Gasteiger partial charge in [0.15, 0.2) is 0 Å². The number of carboxylic acid groups (broad SMARTS) is 1. The van der Waals surface area contributed by atoms with Gasteiger partial charge in [0.1, 0.15) is 17.7 Å². The van der Waals surface area contributed by atoms with Crippen molar-refractivity contribution in [1.82, 2.24) is 5.32 Å². The van der Waals surface area contributed by atoms with Crippen LogP contribution in [0.25, 0.3) is 33.1 Å². The van der Waals surface area contributed by atoms with Crippen molar-refractivity contribution in [3.8, 4) is 11.1 Å². The number of fused-ring (bicyclic) bond motifs is 2. The molecule has 152 valence electrons. The highest BCUT2D eigenvalue weighted by Gasteiger charge is 2.20. The van der Waals surface area contributed by atoms with E-state index < -0.39 is 24.0 Å². The van der Waals surface area contributed by atoms with Crippen molar-refractivity contribution in [2.45, 2.75) is 20.3 Å². The van der Waals surface area contributed by atoms with Crippen LogP contribution in [0.4, 0.5) is 0 Å². The van der Waals surface area contributed by atoms with Crippen LogP contribution in [0, 0.1) is 13.8 Å². The highest BCUT2D eigenvalue weighted by Crippen LogP contribution is 2.37. The van der Waals surface area contributed by atoms with Crippen molar-refractivity contribution in [3.05, 3.63) is 69.8 Å². The van der Waals surface area contributed by atoms with E-state index in [0.717, 1.165) is 16.5 Å². The number of carbonyl (C=O) groups excluding carboxylic acids is 1. The minimum atomic E-state index is -1.16. The van der Waals surface area contributed by atoms with E-state index in [-0.39, 0.29) is 12.0 Å².